The second kappa shape index (κ2) is 18.3. The molecule has 20 atom stereocenters. The molecule has 0 radical (unpaired) electrons. The van der Waals surface area contributed by atoms with Gasteiger partial charge >= 0.3 is 0 Å². The lowest BCUT2D eigenvalue weighted by atomic mass is 9.95. The molecule has 1 aromatic carbocycles. The molecule has 4 saturated heterocycles. The van der Waals surface area contributed by atoms with Gasteiger partial charge in [0.05, 0.1) is 33.0 Å². The maximum Gasteiger partial charge on any atom is 0.187 e. The molecule has 0 spiro atoms. The molecule has 4 aliphatic rings. The molecular weight excluding hydrogens is 708 g/mol. The molecule has 0 aromatic heterocycles. The first-order valence-corrected chi connectivity index (χ1v) is 16.6. The van der Waals surface area contributed by atoms with Gasteiger partial charge in [0, 0.05) is 0 Å². The standard InChI is InChI=1S/C31H48O21/c32-6-12-16(36)20(40)21(41)29(47-12)50-26-18(38)14(8-34)49-31(23(26)43)52-27-19(39)15(9-35)48-30(24(27)44)51-25-17(37)13(7-33)46-28(22(25)42)45-10-11-4-2-1-3-5-11/h1-5,12-44H,6-10H2/t12?,13?,14?,15?,16-,17-,18-,19-,20+,21?,22?,23?,24?,25+,26+,27+,28-,29+,30+,31+/m1/s1. The van der Waals surface area contributed by atoms with Gasteiger partial charge in [0.1, 0.15) is 97.7 Å². The van der Waals surface area contributed by atoms with E-state index in [2.05, 4.69) is 0 Å². The van der Waals surface area contributed by atoms with E-state index >= 15 is 0 Å². The summed E-state index contributed by atoms with van der Waals surface area (Å²) in [7, 11) is 0. The highest BCUT2D eigenvalue weighted by atomic mass is 16.8. The van der Waals surface area contributed by atoms with Crippen LogP contribution in [0.25, 0.3) is 0 Å². The van der Waals surface area contributed by atoms with Gasteiger partial charge in [0.15, 0.2) is 25.2 Å². The Morgan fingerprint density at radius 2 is 0.750 bits per heavy atom. The summed E-state index contributed by atoms with van der Waals surface area (Å²) in [5.41, 5.74) is 0.706. The molecule has 0 bridgehead atoms. The molecule has 0 saturated carbocycles. The van der Waals surface area contributed by atoms with Crippen molar-refractivity contribution in [3.8, 4) is 0 Å². The molecule has 4 aliphatic heterocycles. The molecule has 21 nitrogen and oxygen atoms in total. The highest BCUT2D eigenvalue weighted by Gasteiger charge is 2.55. The van der Waals surface area contributed by atoms with E-state index < -0.39 is 149 Å². The number of rotatable bonds is 13. The van der Waals surface area contributed by atoms with Gasteiger partial charge in [-0.05, 0) is 5.56 Å². The van der Waals surface area contributed by atoms with Crippen LogP contribution in [0.3, 0.4) is 0 Å². The summed E-state index contributed by atoms with van der Waals surface area (Å²) in [5.74, 6) is 0. The fraction of sp³-hybridized carbons (Fsp3) is 0.806. The maximum atomic E-state index is 11.3. The van der Waals surface area contributed by atoms with Crippen molar-refractivity contribution in [3.05, 3.63) is 35.9 Å². The van der Waals surface area contributed by atoms with Gasteiger partial charge in [-0.15, -0.1) is 0 Å². The molecule has 5 rings (SSSR count). The summed E-state index contributed by atoms with van der Waals surface area (Å²) in [4.78, 5) is 0. The van der Waals surface area contributed by atoms with Crippen molar-refractivity contribution >= 4 is 0 Å². The highest BCUT2D eigenvalue weighted by molar-refractivity contribution is 5.13. The average molecular weight is 757 g/mol. The molecule has 4 fully saturated rings. The molecular formula is C31H48O21. The molecule has 21 heteroatoms. The van der Waals surface area contributed by atoms with Crippen molar-refractivity contribution in [2.45, 2.75) is 129 Å². The Kier molecular flexibility index (Phi) is 14.7. The van der Waals surface area contributed by atoms with Crippen molar-refractivity contribution in [3.63, 3.8) is 0 Å². The van der Waals surface area contributed by atoms with E-state index in [-0.39, 0.29) is 6.61 Å². The van der Waals surface area contributed by atoms with Crippen molar-refractivity contribution in [2.75, 3.05) is 26.4 Å². The Balaban J connectivity index is 1.32. The zero-order valence-electron chi connectivity index (χ0n) is 27.5. The van der Waals surface area contributed by atoms with E-state index in [1.165, 1.54) is 0 Å². The van der Waals surface area contributed by atoms with Crippen LogP contribution in [0.5, 0.6) is 0 Å². The third-order valence-electron chi connectivity index (χ3n) is 9.44. The van der Waals surface area contributed by atoms with E-state index in [1.807, 2.05) is 0 Å². The zero-order valence-corrected chi connectivity index (χ0v) is 27.5. The fourth-order valence-corrected chi connectivity index (χ4v) is 6.40. The predicted octanol–water partition coefficient (Wildman–Crippen LogP) is -7.52. The van der Waals surface area contributed by atoms with Crippen LogP contribution in [0.1, 0.15) is 5.56 Å². The Bertz CT molecular complexity index is 1220. The van der Waals surface area contributed by atoms with Gasteiger partial charge < -0.3 is 104 Å². The van der Waals surface area contributed by atoms with Crippen LogP contribution in [0.2, 0.25) is 0 Å². The minimum absolute atomic E-state index is 0.0465. The second-order valence-corrected chi connectivity index (χ2v) is 12.9. The zero-order chi connectivity index (χ0) is 37.9. The Hall–Kier alpha value is -1.62. The van der Waals surface area contributed by atoms with E-state index in [0.717, 1.165) is 0 Å². The summed E-state index contributed by atoms with van der Waals surface area (Å²) in [5, 5.41) is 136. The predicted molar refractivity (Wildman–Crippen MR) is 163 cm³/mol. The number of aliphatic hydroxyl groups is 13. The van der Waals surface area contributed by atoms with Gasteiger partial charge in [-0.1, -0.05) is 30.3 Å². The third kappa shape index (κ3) is 8.75. The minimum Gasteiger partial charge on any atom is -0.394 e. The number of aliphatic hydroxyl groups excluding tert-OH is 13. The van der Waals surface area contributed by atoms with E-state index in [0.29, 0.717) is 5.56 Å². The molecule has 0 aliphatic carbocycles. The lowest BCUT2D eigenvalue weighted by Crippen LogP contribution is -2.67. The van der Waals surface area contributed by atoms with Crippen LogP contribution >= 0.6 is 0 Å². The van der Waals surface area contributed by atoms with Crippen LogP contribution in [0.15, 0.2) is 30.3 Å². The van der Waals surface area contributed by atoms with Gasteiger partial charge in [-0.2, -0.15) is 0 Å². The van der Waals surface area contributed by atoms with E-state index in [1.54, 1.807) is 30.3 Å². The second-order valence-electron chi connectivity index (χ2n) is 12.9. The van der Waals surface area contributed by atoms with Gasteiger partial charge in [0.2, 0.25) is 0 Å². The van der Waals surface area contributed by atoms with Crippen LogP contribution in [-0.2, 0) is 44.5 Å². The quantitative estimate of drug-likeness (QED) is 0.0889. The number of ether oxygens (including phenoxy) is 8. The first-order chi connectivity index (χ1) is 24.8. The average Bonchev–Trinajstić information content (AvgIpc) is 3.15. The molecule has 8 unspecified atom stereocenters. The lowest BCUT2D eigenvalue weighted by Gasteiger charge is -2.49. The number of benzene rings is 1. The summed E-state index contributed by atoms with van der Waals surface area (Å²) >= 11 is 0. The molecule has 13 N–H and O–H groups in total. The van der Waals surface area contributed by atoms with Gasteiger partial charge in [-0.25, -0.2) is 0 Å². The summed E-state index contributed by atoms with van der Waals surface area (Å²) < 4.78 is 44.6. The minimum atomic E-state index is -2.05. The van der Waals surface area contributed by atoms with Crippen molar-refractivity contribution in [1.82, 2.24) is 0 Å². The summed E-state index contributed by atoms with van der Waals surface area (Å²) in [6.45, 7) is -3.38. The number of hydrogen-bond donors (Lipinski definition) is 13. The normalized spacial score (nSPS) is 47.3. The topological polar surface area (TPSA) is 337 Å². The van der Waals surface area contributed by atoms with Gasteiger partial charge in [0.25, 0.3) is 0 Å². The van der Waals surface area contributed by atoms with Crippen LogP contribution < -0.4 is 0 Å². The number of hydrogen-bond acceptors (Lipinski definition) is 21. The van der Waals surface area contributed by atoms with Crippen molar-refractivity contribution < 1.29 is 104 Å². The SMILES string of the molecule is OCC1O[C@@H](O[C@@H]2C(O)[C@H](O[C@@H]3C(O)[C@H](O[C@@H]4C(O)[C@H](OCc5ccccc5)OC(CO)[C@H]4O)OC(CO)[C@H]3O)OC(CO)[C@H]2O)C(O)[C@@H](O)[C@@H]1O. The Morgan fingerprint density at radius 3 is 1.15 bits per heavy atom. The van der Waals surface area contributed by atoms with Crippen LogP contribution in [0, 0.1) is 0 Å². The smallest absolute Gasteiger partial charge is 0.187 e. The van der Waals surface area contributed by atoms with E-state index in [9.17, 15) is 66.4 Å². The molecule has 1 aromatic rings. The third-order valence-corrected chi connectivity index (χ3v) is 9.44. The van der Waals surface area contributed by atoms with Crippen molar-refractivity contribution in [2.24, 2.45) is 0 Å². The molecule has 298 valence electrons. The van der Waals surface area contributed by atoms with Crippen molar-refractivity contribution in [1.29, 1.82) is 0 Å². The first-order valence-electron chi connectivity index (χ1n) is 16.6. The lowest BCUT2D eigenvalue weighted by molar-refractivity contribution is -0.390. The molecule has 4 heterocycles. The van der Waals surface area contributed by atoms with Crippen LogP contribution in [0.4, 0.5) is 0 Å². The largest absolute Gasteiger partial charge is 0.394 e. The monoisotopic (exact) mass is 756 g/mol. The summed E-state index contributed by atoms with van der Waals surface area (Å²) in [6, 6.07) is 8.79. The van der Waals surface area contributed by atoms with Gasteiger partial charge in [-0.3, -0.25) is 0 Å². The fourth-order valence-electron chi connectivity index (χ4n) is 6.40. The highest BCUT2D eigenvalue weighted by Crippen LogP contribution is 2.34. The van der Waals surface area contributed by atoms with Crippen LogP contribution in [-0.4, -0.2) is 216 Å². The molecule has 0 amide bonds. The first kappa shape index (κ1) is 41.5. The Morgan fingerprint density at radius 1 is 0.404 bits per heavy atom. The maximum absolute atomic E-state index is 11.3. The Labute approximate surface area is 296 Å². The van der Waals surface area contributed by atoms with E-state index in [4.69, 9.17) is 37.9 Å². The molecule has 52 heavy (non-hydrogen) atoms. The summed E-state index contributed by atoms with van der Waals surface area (Å²) in [6.07, 6.45) is -35.2.